The molecule has 2 amide bonds. The molecule has 0 aromatic heterocycles. The maximum Gasteiger partial charge on any atom is 0.247 e. The largest absolute Gasteiger partial charge is 0.354 e. The first-order valence-corrected chi connectivity index (χ1v) is 12.9. The fourth-order valence-electron chi connectivity index (χ4n) is 4.17. The smallest absolute Gasteiger partial charge is 0.247 e. The van der Waals surface area contributed by atoms with E-state index >= 15 is 0 Å². The van der Waals surface area contributed by atoms with E-state index in [0.29, 0.717) is 23.0 Å². The van der Waals surface area contributed by atoms with Crippen LogP contribution in [0, 0.1) is 0 Å². The Morgan fingerprint density at radius 3 is 1.81 bits per heavy atom. The van der Waals surface area contributed by atoms with Crippen molar-refractivity contribution in [3.63, 3.8) is 0 Å². The lowest BCUT2D eigenvalue weighted by molar-refractivity contribution is -0.141. The van der Waals surface area contributed by atoms with Gasteiger partial charge in [0.25, 0.3) is 0 Å². The highest BCUT2D eigenvalue weighted by Crippen LogP contribution is 2.26. The number of rotatable bonds is 10. The number of nitrogens with one attached hydrogen (secondary N) is 1. The SMILES string of the molecule is O=C(NCCc1ccccc1)[C@@H](c1ccccc1)N(Cc1ccc(Cl)cc1)C(=O)Cc1ccc(Cl)cc1. The highest BCUT2D eigenvalue weighted by Gasteiger charge is 2.31. The van der Waals surface area contributed by atoms with Crippen molar-refractivity contribution in [3.8, 4) is 0 Å². The molecule has 0 aliphatic heterocycles. The fourth-order valence-corrected chi connectivity index (χ4v) is 4.42. The summed E-state index contributed by atoms with van der Waals surface area (Å²) < 4.78 is 0. The van der Waals surface area contributed by atoms with E-state index in [1.54, 1.807) is 29.2 Å². The molecule has 0 saturated heterocycles. The molecule has 188 valence electrons. The number of carbonyl (C=O) groups is 2. The molecule has 4 nitrogen and oxygen atoms in total. The molecule has 4 aromatic carbocycles. The average Bonchev–Trinajstić information content (AvgIpc) is 2.92. The molecule has 1 atom stereocenters. The molecule has 0 radical (unpaired) electrons. The molecule has 0 unspecified atom stereocenters. The van der Waals surface area contributed by atoms with Gasteiger partial charge < -0.3 is 10.2 Å². The summed E-state index contributed by atoms with van der Waals surface area (Å²) in [5.74, 6) is -0.384. The number of carbonyl (C=O) groups excluding carboxylic acids is 2. The topological polar surface area (TPSA) is 49.4 Å². The third kappa shape index (κ3) is 7.69. The second-order valence-corrected chi connectivity index (χ2v) is 9.66. The Labute approximate surface area is 227 Å². The van der Waals surface area contributed by atoms with E-state index in [-0.39, 0.29) is 24.8 Å². The highest BCUT2D eigenvalue weighted by molar-refractivity contribution is 6.30. The van der Waals surface area contributed by atoms with E-state index in [4.69, 9.17) is 23.2 Å². The van der Waals surface area contributed by atoms with Crippen molar-refractivity contribution in [1.29, 1.82) is 0 Å². The van der Waals surface area contributed by atoms with Crippen molar-refractivity contribution < 1.29 is 9.59 Å². The van der Waals surface area contributed by atoms with Crippen LogP contribution >= 0.6 is 23.2 Å². The average molecular weight is 531 g/mol. The van der Waals surface area contributed by atoms with Gasteiger partial charge >= 0.3 is 0 Å². The molecule has 0 aliphatic rings. The predicted molar refractivity (Wildman–Crippen MR) is 149 cm³/mol. The molecule has 0 spiro atoms. The first-order valence-electron chi connectivity index (χ1n) is 12.1. The molecule has 4 aromatic rings. The summed E-state index contributed by atoms with van der Waals surface area (Å²) in [7, 11) is 0. The summed E-state index contributed by atoms with van der Waals surface area (Å²) >= 11 is 12.1. The van der Waals surface area contributed by atoms with Crippen LogP contribution in [0.1, 0.15) is 28.3 Å². The lowest BCUT2D eigenvalue weighted by atomic mass is 10.0. The Morgan fingerprint density at radius 2 is 1.22 bits per heavy atom. The molecular weight excluding hydrogens is 503 g/mol. The summed E-state index contributed by atoms with van der Waals surface area (Å²) in [5.41, 5.74) is 3.59. The Kier molecular flexibility index (Phi) is 9.36. The number of hydrogen-bond donors (Lipinski definition) is 1. The fraction of sp³-hybridized carbons (Fsp3) is 0.161. The standard InChI is InChI=1S/C31H28Cl2N2O2/c32-27-15-11-24(12-16-27)21-29(36)35(22-25-13-17-28(33)18-14-25)30(26-9-5-2-6-10-26)31(37)34-20-19-23-7-3-1-4-8-23/h1-18,30H,19-22H2,(H,34,37)/t30-/m1/s1. The number of hydrogen-bond acceptors (Lipinski definition) is 2. The first kappa shape index (κ1) is 26.5. The van der Waals surface area contributed by atoms with Crippen LogP contribution in [0.15, 0.2) is 109 Å². The van der Waals surface area contributed by atoms with Gasteiger partial charge in [0.05, 0.1) is 6.42 Å². The second-order valence-electron chi connectivity index (χ2n) is 8.79. The lowest BCUT2D eigenvalue weighted by Gasteiger charge is -2.32. The van der Waals surface area contributed by atoms with Crippen LogP contribution in [0.4, 0.5) is 0 Å². The Morgan fingerprint density at radius 1 is 0.676 bits per heavy atom. The van der Waals surface area contributed by atoms with Gasteiger partial charge in [-0.05, 0) is 52.9 Å². The van der Waals surface area contributed by atoms with Crippen molar-refractivity contribution in [3.05, 3.63) is 141 Å². The lowest BCUT2D eigenvalue weighted by Crippen LogP contribution is -2.44. The minimum absolute atomic E-state index is 0.144. The van der Waals surface area contributed by atoms with Crippen LogP contribution < -0.4 is 5.32 Å². The van der Waals surface area contributed by atoms with E-state index in [9.17, 15) is 9.59 Å². The number of nitrogens with zero attached hydrogens (tertiary/aromatic N) is 1. The molecule has 0 fully saturated rings. The van der Waals surface area contributed by atoms with Crippen molar-refractivity contribution in [1.82, 2.24) is 10.2 Å². The van der Waals surface area contributed by atoms with Gasteiger partial charge in [-0.25, -0.2) is 0 Å². The first-order chi connectivity index (χ1) is 18.0. The quantitative estimate of drug-likeness (QED) is 0.249. The monoisotopic (exact) mass is 530 g/mol. The van der Waals surface area contributed by atoms with E-state index in [0.717, 1.165) is 22.3 Å². The van der Waals surface area contributed by atoms with E-state index in [1.165, 1.54) is 0 Å². The Bertz CT molecular complexity index is 1290. The maximum absolute atomic E-state index is 13.8. The number of amides is 2. The summed E-state index contributed by atoms with van der Waals surface area (Å²) in [6, 6.07) is 33.1. The molecule has 0 saturated carbocycles. The molecule has 0 bridgehead atoms. The van der Waals surface area contributed by atoms with Gasteiger partial charge in [-0.15, -0.1) is 0 Å². The van der Waals surface area contributed by atoms with Crippen LogP contribution in [0.25, 0.3) is 0 Å². The zero-order valence-corrected chi connectivity index (χ0v) is 21.8. The summed E-state index contributed by atoms with van der Waals surface area (Å²) in [4.78, 5) is 29.1. The van der Waals surface area contributed by atoms with Gasteiger partial charge in [-0.2, -0.15) is 0 Å². The van der Waals surface area contributed by atoms with Crippen LogP contribution in [-0.2, 0) is 29.0 Å². The zero-order valence-electron chi connectivity index (χ0n) is 20.3. The zero-order chi connectivity index (χ0) is 26.0. The van der Waals surface area contributed by atoms with E-state index in [2.05, 4.69) is 5.32 Å². The van der Waals surface area contributed by atoms with Gasteiger partial charge in [0.15, 0.2) is 0 Å². The Hall–Kier alpha value is -3.60. The van der Waals surface area contributed by atoms with E-state index < -0.39 is 6.04 Å². The minimum Gasteiger partial charge on any atom is -0.354 e. The van der Waals surface area contributed by atoms with Crippen LogP contribution in [0.5, 0.6) is 0 Å². The third-order valence-corrected chi connectivity index (χ3v) is 6.59. The number of halogens is 2. The minimum atomic E-state index is -0.799. The summed E-state index contributed by atoms with van der Waals surface area (Å²) in [6.07, 6.45) is 0.843. The predicted octanol–water partition coefficient (Wildman–Crippen LogP) is 6.66. The van der Waals surface area contributed by atoms with Gasteiger partial charge in [0, 0.05) is 23.1 Å². The van der Waals surface area contributed by atoms with Crippen LogP contribution in [0.3, 0.4) is 0 Å². The summed E-state index contributed by atoms with van der Waals surface area (Å²) in [6.45, 7) is 0.724. The molecule has 0 aliphatic carbocycles. The van der Waals surface area contributed by atoms with Gasteiger partial charge in [0.2, 0.25) is 11.8 Å². The molecule has 6 heteroatoms. The number of benzene rings is 4. The van der Waals surface area contributed by atoms with Gasteiger partial charge in [-0.1, -0.05) is 108 Å². The summed E-state index contributed by atoms with van der Waals surface area (Å²) in [5, 5.41) is 4.28. The highest BCUT2D eigenvalue weighted by atomic mass is 35.5. The molecule has 4 rings (SSSR count). The maximum atomic E-state index is 13.8. The third-order valence-electron chi connectivity index (χ3n) is 6.09. The molecular formula is C31H28Cl2N2O2. The van der Waals surface area contributed by atoms with E-state index in [1.807, 2.05) is 84.9 Å². The van der Waals surface area contributed by atoms with Gasteiger partial charge in [-0.3, -0.25) is 9.59 Å². The molecule has 1 N–H and O–H groups in total. The van der Waals surface area contributed by atoms with Crippen LogP contribution in [-0.4, -0.2) is 23.3 Å². The van der Waals surface area contributed by atoms with Crippen molar-refractivity contribution in [2.45, 2.75) is 25.4 Å². The van der Waals surface area contributed by atoms with Crippen molar-refractivity contribution >= 4 is 35.0 Å². The second kappa shape index (κ2) is 13.1. The normalized spacial score (nSPS) is 11.5. The van der Waals surface area contributed by atoms with Crippen molar-refractivity contribution in [2.75, 3.05) is 6.54 Å². The Balaban J connectivity index is 1.62. The molecule has 37 heavy (non-hydrogen) atoms. The van der Waals surface area contributed by atoms with Gasteiger partial charge in [0.1, 0.15) is 6.04 Å². The van der Waals surface area contributed by atoms with Crippen molar-refractivity contribution in [2.24, 2.45) is 0 Å². The van der Waals surface area contributed by atoms with Crippen LogP contribution in [0.2, 0.25) is 10.0 Å². The molecule has 0 heterocycles.